The molecule has 1 aliphatic carbocycles. The number of carbonyl (C=O) groups is 1. The summed E-state index contributed by atoms with van der Waals surface area (Å²) in [5.74, 6) is 1.16. The zero-order valence-electron chi connectivity index (χ0n) is 22.8. The third-order valence-corrected chi connectivity index (χ3v) is 8.78. The van der Waals surface area contributed by atoms with Gasteiger partial charge >= 0.3 is 6.18 Å². The number of hydrogen-bond acceptors (Lipinski definition) is 6. The predicted molar refractivity (Wildman–Crippen MR) is 147 cm³/mol. The molecule has 224 valence electrons. The molecule has 8 nitrogen and oxygen atoms in total. The second-order valence-electron chi connectivity index (χ2n) is 11.3. The van der Waals surface area contributed by atoms with Crippen molar-refractivity contribution in [2.45, 2.75) is 51.2 Å². The minimum absolute atomic E-state index is 0.0158. The Morgan fingerprint density at radius 1 is 1.14 bits per heavy atom. The van der Waals surface area contributed by atoms with Crippen LogP contribution >= 0.6 is 11.6 Å². The van der Waals surface area contributed by atoms with Gasteiger partial charge in [0.25, 0.3) is 0 Å². The number of halogens is 5. The number of imidazole rings is 1. The Morgan fingerprint density at radius 2 is 1.90 bits per heavy atom. The molecule has 0 radical (unpaired) electrons. The van der Waals surface area contributed by atoms with Crippen LogP contribution in [0.25, 0.3) is 0 Å². The van der Waals surface area contributed by atoms with Crippen LogP contribution in [0.15, 0.2) is 30.6 Å². The van der Waals surface area contributed by atoms with Crippen LogP contribution in [0, 0.1) is 23.6 Å². The van der Waals surface area contributed by atoms with Crippen molar-refractivity contribution in [2.75, 3.05) is 31.1 Å². The fourth-order valence-electron chi connectivity index (χ4n) is 6.18. The Hall–Kier alpha value is -3.41. The van der Waals surface area contributed by atoms with Gasteiger partial charge < -0.3 is 19.5 Å². The highest BCUT2D eigenvalue weighted by molar-refractivity contribution is 6.30. The van der Waals surface area contributed by atoms with E-state index in [-0.39, 0.29) is 43.1 Å². The first-order valence-electron chi connectivity index (χ1n) is 14.2. The normalized spacial score (nSPS) is 20.9. The monoisotopic (exact) mass is 606 g/mol. The molecule has 1 saturated heterocycles. The Labute approximate surface area is 245 Å². The number of hydrogen-bond donors (Lipinski definition) is 1. The summed E-state index contributed by atoms with van der Waals surface area (Å²) in [6, 6.07) is 4.48. The number of fused-ring (bicyclic) bond motifs is 1. The molecule has 6 rings (SSSR count). The van der Waals surface area contributed by atoms with Gasteiger partial charge in [0, 0.05) is 32.1 Å². The summed E-state index contributed by atoms with van der Waals surface area (Å²) in [5, 5.41) is 0.531. The van der Waals surface area contributed by atoms with E-state index in [2.05, 4.69) is 24.8 Å². The van der Waals surface area contributed by atoms with E-state index in [1.54, 1.807) is 18.5 Å². The first kappa shape index (κ1) is 28.7. The number of anilines is 1. The highest BCUT2D eigenvalue weighted by Gasteiger charge is 2.43. The molecule has 2 aliphatic heterocycles. The molecule has 1 amide bonds. The number of benzene rings is 1. The maximum atomic E-state index is 14.8. The Bertz CT molecular complexity index is 1420. The molecule has 42 heavy (non-hydrogen) atoms. The van der Waals surface area contributed by atoms with Crippen molar-refractivity contribution in [1.82, 2.24) is 24.8 Å². The molecule has 1 N–H and O–H groups in total. The highest BCUT2D eigenvalue weighted by atomic mass is 35.5. The van der Waals surface area contributed by atoms with Gasteiger partial charge in [-0.1, -0.05) is 17.7 Å². The molecule has 2 aromatic heterocycles. The maximum absolute atomic E-state index is 14.8. The van der Waals surface area contributed by atoms with E-state index in [9.17, 15) is 22.4 Å². The number of piperidine rings is 1. The minimum atomic E-state index is -4.58. The quantitative estimate of drug-likeness (QED) is 0.343. The Kier molecular flexibility index (Phi) is 7.99. The SMILES string of the molecule is O=C(Cc1ccc(OCC[C@@H]2CC2C2CCN(c3ncc(Cl)cn3)CC2)cc1F)N1CCc2nc(C(F)(F)F)[nH]c2C1. The predicted octanol–water partition coefficient (Wildman–Crippen LogP) is 5.46. The van der Waals surface area contributed by atoms with Crippen molar-refractivity contribution < 1.29 is 27.1 Å². The average Bonchev–Trinajstić information content (AvgIpc) is 3.60. The van der Waals surface area contributed by atoms with Gasteiger partial charge in [-0.05, 0) is 55.1 Å². The zero-order valence-corrected chi connectivity index (χ0v) is 23.6. The summed E-state index contributed by atoms with van der Waals surface area (Å²) in [4.78, 5) is 30.9. The lowest BCUT2D eigenvalue weighted by Gasteiger charge is -2.32. The van der Waals surface area contributed by atoms with Gasteiger partial charge in [-0.25, -0.2) is 19.3 Å². The van der Waals surface area contributed by atoms with Crippen molar-refractivity contribution >= 4 is 23.5 Å². The fraction of sp³-hybridized carbons (Fsp3) is 0.517. The number of H-pyrrole nitrogens is 1. The van der Waals surface area contributed by atoms with E-state index in [0.29, 0.717) is 40.8 Å². The smallest absolute Gasteiger partial charge is 0.449 e. The van der Waals surface area contributed by atoms with Crippen LogP contribution in [0.4, 0.5) is 23.5 Å². The number of carbonyl (C=O) groups excluding carboxylic acids is 1. The van der Waals surface area contributed by atoms with E-state index in [0.717, 1.165) is 38.3 Å². The molecule has 2 fully saturated rings. The second kappa shape index (κ2) is 11.7. The Balaban J connectivity index is 0.929. The van der Waals surface area contributed by atoms with E-state index in [4.69, 9.17) is 16.3 Å². The number of nitrogens with one attached hydrogen (secondary N) is 1. The lowest BCUT2D eigenvalue weighted by molar-refractivity contribution is -0.144. The van der Waals surface area contributed by atoms with Gasteiger partial charge in [-0.3, -0.25) is 4.79 Å². The van der Waals surface area contributed by atoms with Gasteiger partial charge in [-0.2, -0.15) is 13.2 Å². The molecular weight excluding hydrogens is 576 g/mol. The lowest BCUT2D eigenvalue weighted by Crippen LogP contribution is -2.37. The van der Waals surface area contributed by atoms with Crippen molar-refractivity contribution in [2.24, 2.45) is 17.8 Å². The van der Waals surface area contributed by atoms with Crippen LogP contribution in [-0.4, -0.2) is 57.0 Å². The molecule has 1 unspecified atom stereocenters. The maximum Gasteiger partial charge on any atom is 0.449 e. The van der Waals surface area contributed by atoms with Crippen LogP contribution in [0.5, 0.6) is 5.75 Å². The van der Waals surface area contributed by atoms with Gasteiger partial charge in [0.1, 0.15) is 11.6 Å². The van der Waals surface area contributed by atoms with Crippen LogP contribution in [0.2, 0.25) is 5.02 Å². The summed E-state index contributed by atoms with van der Waals surface area (Å²) in [7, 11) is 0. The third-order valence-electron chi connectivity index (χ3n) is 8.59. The third kappa shape index (κ3) is 6.48. The summed E-state index contributed by atoms with van der Waals surface area (Å²) >= 11 is 5.89. The van der Waals surface area contributed by atoms with Crippen LogP contribution < -0.4 is 9.64 Å². The first-order valence-corrected chi connectivity index (χ1v) is 14.6. The number of alkyl halides is 3. The largest absolute Gasteiger partial charge is 0.493 e. The average molecular weight is 607 g/mol. The van der Waals surface area contributed by atoms with Crippen molar-refractivity contribution in [1.29, 1.82) is 0 Å². The van der Waals surface area contributed by atoms with E-state index in [1.165, 1.54) is 23.5 Å². The van der Waals surface area contributed by atoms with Crippen molar-refractivity contribution in [3.8, 4) is 5.75 Å². The number of nitrogens with zero attached hydrogens (tertiary/aromatic N) is 5. The topological polar surface area (TPSA) is 87.2 Å². The first-order chi connectivity index (χ1) is 20.1. The van der Waals surface area contributed by atoms with Crippen molar-refractivity contribution in [3.05, 3.63) is 64.2 Å². The van der Waals surface area contributed by atoms with E-state index >= 15 is 0 Å². The summed E-state index contributed by atoms with van der Waals surface area (Å²) < 4.78 is 59.5. The molecule has 3 aromatic rings. The van der Waals surface area contributed by atoms with Gasteiger partial charge in [-0.15, -0.1) is 0 Å². The standard InChI is InChI=1S/C29H31ClF4N6O2/c30-20-14-35-28(36-15-20)39-7-3-17(4-8-39)22-11-18(22)6-10-42-21-2-1-19(23(31)13-21)12-26(41)40-9-5-24-25(16-40)38-27(37-24)29(32,33)34/h1-2,13-15,17-18,22H,3-12,16H2,(H,37,38)/t18-,22?/m1/s1. The van der Waals surface area contributed by atoms with E-state index < -0.39 is 17.8 Å². The summed E-state index contributed by atoms with van der Waals surface area (Å²) in [5.41, 5.74) is 0.796. The number of rotatable bonds is 8. The molecule has 1 saturated carbocycles. The van der Waals surface area contributed by atoms with Gasteiger partial charge in [0.15, 0.2) is 0 Å². The Morgan fingerprint density at radius 3 is 2.62 bits per heavy atom. The second-order valence-corrected chi connectivity index (χ2v) is 11.8. The number of aromatic amines is 1. The number of amides is 1. The number of aromatic nitrogens is 4. The molecule has 2 atom stereocenters. The zero-order chi connectivity index (χ0) is 29.4. The molecular formula is C29H31ClF4N6O2. The highest BCUT2D eigenvalue weighted by Crippen LogP contribution is 2.50. The van der Waals surface area contributed by atoms with Crippen LogP contribution in [-0.2, 0) is 30.4 Å². The van der Waals surface area contributed by atoms with Crippen LogP contribution in [0.1, 0.15) is 48.5 Å². The molecule has 1 aromatic carbocycles. The van der Waals surface area contributed by atoms with Crippen molar-refractivity contribution in [3.63, 3.8) is 0 Å². The minimum Gasteiger partial charge on any atom is -0.493 e. The molecule has 4 heterocycles. The summed E-state index contributed by atoms with van der Waals surface area (Å²) in [6.07, 6.45) is 3.01. The summed E-state index contributed by atoms with van der Waals surface area (Å²) in [6.45, 7) is 2.58. The molecule has 0 spiro atoms. The van der Waals surface area contributed by atoms with Gasteiger partial charge in [0.05, 0.1) is 48.4 Å². The molecule has 3 aliphatic rings. The number of ether oxygens (including phenoxy) is 1. The van der Waals surface area contributed by atoms with Gasteiger partial charge in [0.2, 0.25) is 17.7 Å². The molecule has 0 bridgehead atoms. The fourth-order valence-corrected chi connectivity index (χ4v) is 6.28. The van der Waals surface area contributed by atoms with Crippen LogP contribution in [0.3, 0.4) is 0 Å². The van der Waals surface area contributed by atoms with E-state index in [1.807, 2.05) is 0 Å². The molecule has 13 heteroatoms. The lowest BCUT2D eigenvalue weighted by atomic mass is 9.90.